The number of rotatable bonds is 5. The van der Waals surface area contributed by atoms with Gasteiger partial charge in [-0.15, -0.1) is 11.3 Å². The first kappa shape index (κ1) is 23.1. The van der Waals surface area contributed by atoms with Crippen molar-refractivity contribution in [1.29, 1.82) is 0 Å². The van der Waals surface area contributed by atoms with Gasteiger partial charge in [-0.3, -0.25) is 9.59 Å². The zero-order valence-electron chi connectivity index (χ0n) is 19.6. The molecule has 3 heterocycles. The van der Waals surface area contributed by atoms with Gasteiger partial charge in [0, 0.05) is 24.0 Å². The molecule has 0 bridgehead atoms. The van der Waals surface area contributed by atoms with Gasteiger partial charge in [0.15, 0.2) is 0 Å². The van der Waals surface area contributed by atoms with Gasteiger partial charge in [0.1, 0.15) is 9.71 Å². The molecule has 1 aliphatic heterocycles. The van der Waals surface area contributed by atoms with E-state index in [4.69, 9.17) is 15.5 Å². The predicted octanol–water partition coefficient (Wildman–Crippen LogP) is 5.63. The molecule has 2 aromatic carbocycles. The maximum Gasteiger partial charge on any atom is 0.309 e. The first-order valence-corrected chi connectivity index (χ1v) is 12.7. The van der Waals surface area contributed by atoms with E-state index < -0.39 is 0 Å². The van der Waals surface area contributed by atoms with Crippen molar-refractivity contribution in [3.8, 4) is 22.4 Å². The van der Waals surface area contributed by atoms with Gasteiger partial charge >= 0.3 is 5.97 Å². The summed E-state index contributed by atoms with van der Waals surface area (Å²) in [7, 11) is 0. The van der Waals surface area contributed by atoms with Crippen molar-refractivity contribution in [3.05, 3.63) is 71.6 Å². The van der Waals surface area contributed by atoms with Crippen LogP contribution < -0.4 is 5.73 Å². The number of aromatic nitrogens is 1. The molecule has 2 N–H and O–H groups in total. The predicted molar refractivity (Wildman–Crippen MR) is 140 cm³/mol. The second kappa shape index (κ2) is 9.88. The molecule has 1 fully saturated rings. The molecule has 1 aliphatic rings. The second-order valence-electron chi connectivity index (χ2n) is 8.63. The van der Waals surface area contributed by atoms with Crippen LogP contribution in [0, 0.1) is 5.92 Å². The molecule has 1 amide bonds. The molecule has 178 valence electrons. The third-order valence-electron chi connectivity index (χ3n) is 6.45. The Morgan fingerprint density at radius 1 is 1.03 bits per heavy atom. The average Bonchev–Trinajstić information content (AvgIpc) is 3.25. The number of benzene rings is 2. The molecule has 35 heavy (non-hydrogen) atoms. The van der Waals surface area contributed by atoms with Gasteiger partial charge in [-0.25, -0.2) is 4.98 Å². The van der Waals surface area contributed by atoms with E-state index in [1.54, 1.807) is 4.90 Å². The number of hydrogen-bond donors (Lipinski definition) is 1. The third kappa shape index (κ3) is 4.51. The Morgan fingerprint density at radius 2 is 1.66 bits per heavy atom. The number of pyridine rings is 1. The summed E-state index contributed by atoms with van der Waals surface area (Å²) in [6, 6.07) is 22.1. The monoisotopic (exact) mass is 485 g/mol. The van der Waals surface area contributed by atoms with Crippen LogP contribution in [0.2, 0.25) is 0 Å². The van der Waals surface area contributed by atoms with E-state index in [-0.39, 0.29) is 17.8 Å². The van der Waals surface area contributed by atoms with Crippen molar-refractivity contribution < 1.29 is 14.3 Å². The molecule has 0 radical (unpaired) electrons. The molecular weight excluding hydrogens is 458 g/mol. The van der Waals surface area contributed by atoms with Crippen molar-refractivity contribution in [2.24, 2.45) is 5.92 Å². The number of likely N-dealkylation sites (tertiary alicyclic amines) is 1. The second-order valence-corrected chi connectivity index (χ2v) is 9.63. The summed E-state index contributed by atoms with van der Waals surface area (Å²) in [5.41, 5.74) is 10.9. The van der Waals surface area contributed by atoms with Crippen LogP contribution >= 0.6 is 11.3 Å². The third-order valence-corrected chi connectivity index (χ3v) is 7.54. The minimum atomic E-state index is -0.175. The Morgan fingerprint density at radius 3 is 2.29 bits per heavy atom. The summed E-state index contributed by atoms with van der Waals surface area (Å²) in [4.78, 5) is 33.5. The molecule has 0 saturated carbocycles. The van der Waals surface area contributed by atoms with E-state index in [0.717, 1.165) is 32.6 Å². The number of nitrogens with two attached hydrogens (primary N) is 1. The Bertz CT molecular complexity index is 1360. The molecule has 0 unspecified atom stereocenters. The highest BCUT2D eigenvalue weighted by Gasteiger charge is 2.31. The van der Waals surface area contributed by atoms with Gasteiger partial charge < -0.3 is 15.4 Å². The molecule has 7 heteroatoms. The number of amides is 1. The van der Waals surface area contributed by atoms with Crippen LogP contribution in [0.4, 0.5) is 5.69 Å². The highest BCUT2D eigenvalue weighted by atomic mass is 32.1. The van der Waals surface area contributed by atoms with Gasteiger partial charge in [-0.05, 0) is 37.0 Å². The lowest BCUT2D eigenvalue weighted by Crippen LogP contribution is -2.40. The first-order chi connectivity index (χ1) is 17.1. The lowest BCUT2D eigenvalue weighted by atomic mass is 9.96. The number of hydrogen-bond acceptors (Lipinski definition) is 6. The number of ether oxygens (including phenoxy) is 1. The Labute approximate surface area is 208 Å². The number of thiophene rings is 1. The zero-order chi connectivity index (χ0) is 24.4. The highest BCUT2D eigenvalue weighted by molar-refractivity contribution is 7.21. The number of piperidine rings is 1. The van der Waals surface area contributed by atoms with Crippen molar-refractivity contribution in [1.82, 2.24) is 9.88 Å². The maximum absolute atomic E-state index is 13.5. The Balaban J connectivity index is 1.53. The maximum atomic E-state index is 13.5. The van der Waals surface area contributed by atoms with Crippen LogP contribution in [0.1, 0.15) is 29.4 Å². The van der Waals surface area contributed by atoms with E-state index in [1.807, 2.05) is 67.6 Å². The Hall–Kier alpha value is -3.71. The fourth-order valence-electron chi connectivity index (χ4n) is 4.60. The molecule has 4 aromatic rings. The summed E-state index contributed by atoms with van der Waals surface area (Å²) in [5, 5.41) is 0.811. The smallest absolute Gasteiger partial charge is 0.309 e. The normalized spacial score (nSPS) is 14.3. The molecule has 6 nitrogen and oxygen atoms in total. The van der Waals surface area contributed by atoms with Gasteiger partial charge in [0.2, 0.25) is 0 Å². The van der Waals surface area contributed by atoms with E-state index >= 15 is 0 Å². The van der Waals surface area contributed by atoms with Crippen molar-refractivity contribution in [2.45, 2.75) is 19.8 Å². The highest BCUT2D eigenvalue weighted by Crippen LogP contribution is 2.42. The number of nitrogen functional groups attached to an aromatic ring is 1. The standard InChI is InChI=1S/C28H27N3O3S/c1-2-34-28(33)20-13-15-31(16-14-20)27(32)25-24(29)23-21(18-9-5-3-6-10-18)17-22(30-26(23)35-25)19-11-7-4-8-12-19/h3-12,17,20H,2,13-16,29H2,1H3. The topological polar surface area (TPSA) is 85.5 Å². The summed E-state index contributed by atoms with van der Waals surface area (Å²) >= 11 is 1.34. The molecule has 0 aliphatic carbocycles. The van der Waals surface area contributed by atoms with Crippen molar-refractivity contribution in [3.63, 3.8) is 0 Å². The molecule has 1 saturated heterocycles. The van der Waals surface area contributed by atoms with Gasteiger partial charge in [0.05, 0.1) is 23.9 Å². The quantitative estimate of drug-likeness (QED) is 0.371. The van der Waals surface area contributed by atoms with Crippen molar-refractivity contribution in [2.75, 3.05) is 25.4 Å². The van der Waals surface area contributed by atoms with Gasteiger partial charge in [-0.2, -0.15) is 0 Å². The van der Waals surface area contributed by atoms with Crippen LogP contribution in [0.5, 0.6) is 0 Å². The molecule has 0 atom stereocenters. The van der Waals surface area contributed by atoms with Crippen LogP contribution in [0.25, 0.3) is 32.6 Å². The summed E-state index contributed by atoms with van der Waals surface area (Å²) in [6.07, 6.45) is 1.20. The Kier molecular flexibility index (Phi) is 6.51. The molecule has 0 spiro atoms. The van der Waals surface area contributed by atoms with Crippen LogP contribution in [-0.4, -0.2) is 41.5 Å². The summed E-state index contributed by atoms with van der Waals surface area (Å²) in [6.45, 7) is 3.19. The van der Waals surface area contributed by atoms with E-state index in [2.05, 4.69) is 6.07 Å². The number of carbonyl (C=O) groups is 2. The molecular formula is C28H27N3O3S. The molecule has 2 aromatic heterocycles. The van der Waals surface area contributed by atoms with Gasteiger partial charge in [-0.1, -0.05) is 60.7 Å². The number of carbonyl (C=O) groups excluding carboxylic acids is 2. The molecule has 5 rings (SSSR count). The van der Waals surface area contributed by atoms with E-state index in [1.165, 1.54) is 11.3 Å². The lowest BCUT2D eigenvalue weighted by molar-refractivity contribution is -0.149. The minimum absolute atomic E-state index is 0.104. The number of esters is 1. The van der Waals surface area contributed by atoms with E-state index in [9.17, 15) is 9.59 Å². The van der Waals surface area contributed by atoms with Crippen molar-refractivity contribution >= 4 is 39.1 Å². The average molecular weight is 486 g/mol. The van der Waals surface area contributed by atoms with Gasteiger partial charge in [0.25, 0.3) is 5.91 Å². The van der Waals surface area contributed by atoms with Crippen LogP contribution in [0.15, 0.2) is 66.7 Å². The number of anilines is 1. The largest absolute Gasteiger partial charge is 0.466 e. The van der Waals surface area contributed by atoms with Crippen LogP contribution in [0.3, 0.4) is 0 Å². The fourth-order valence-corrected chi connectivity index (χ4v) is 5.69. The van der Waals surface area contributed by atoms with E-state index in [0.29, 0.717) is 43.1 Å². The SMILES string of the molecule is CCOC(=O)C1CCN(C(=O)c2sc3nc(-c4ccccc4)cc(-c4ccccc4)c3c2N)CC1. The number of nitrogens with zero attached hydrogens (tertiary/aromatic N) is 2. The fraction of sp³-hybridized carbons (Fsp3) is 0.250. The minimum Gasteiger partial charge on any atom is -0.466 e. The number of fused-ring (bicyclic) bond motifs is 1. The van der Waals surface area contributed by atoms with Crippen LogP contribution in [-0.2, 0) is 9.53 Å². The summed E-state index contributed by atoms with van der Waals surface area (Å²) in [5.74, 6) is -0.433. The zero-order valence-corrected chi connectivity index (χ0v) is 20.4. The summed E-state index contributed by atoms with van der Waals surface area (Å²) < 4.78 is 5.16. The first-order valence-electron chi connectivity index (χ1n) is 11.9. The lowest BCUT2D eigenvalue weighted by Gasteiger charge is -2.30.